The summed E-state index contributed by atoms with van der Waals surface area (Å²) in [7, 11) is 0. The highest BCUT2D eigenvalue weighted by Crippen LogP contribution is 2.42. The Morgan fingerprint density at radius 3 is 1.24 bits per heavy atom. The van der Waals surface area contributed by atoms with Crippen molar-refractivity contribution >= 4 is 175 Å². The molecule has 8 heterocycles. The van der Waals surface area contributed by atoms with Crippen LogP contribution in [0.15, 0.2) is 156 Å². The van der Waals surface area contributed by atoms with E-state index in [9.17, 15) is 34.8 Å². The average Bonchev–Trinajstić information content (AvgIpc) is 1.69. The van der Waals surface area contributed by atoms with E-state index >= 15 is 0 Å². The van der Waals surface area contributed by atoms with Gasteiger partial charge in [0.25, 0.3) is 0 Å². The van der Waals surface area contributed by atoms with Crippen molar-refractivity contribution < 1.29 is 54.9 Å². The lowest BCUT2D eigenvalue weighted by Gasteiger charge is -2.21. The number of halogens is 3. The van der Waals surface area contributed by atoms with Crippen LogP contribution < -0.4 is 0 Å². The zero-order valence-electron chi connectivity index (χ0n) is 65.6. The highest BCUT2D eigenvalue weighted by molar-refractivity contribution is 9.11. The van der Waals surface area contributed by atoms with Gasteiger partial charge in [0.2, 0.25) is 0 Å². The molecule has 0 amide bonds. The Kier molecular flexibility index (Phi) is 20.4. The van der Waals surface area contributed by atoms with Crippen LogP contribution in [0.4, 0.5) is 0 Å². The molecule has 0 aliphatic carbocycles. The predicted molar refractivity (Wildman–Crippen MR) is 404 cm³/mol. The predicted octanol–water partition coefficient (Wildman–Crippen LogP) is 21.0. The number of fused-ring (bicyclic) bond motifs is 6. The number of alkyl halides is 1. The molecule has 0 radical (unpaired) electrons. The number of esters is 3. The van der Waals surface area contributed by atoms with Crippen molar-refractivity contribution in [1.29, 1.82) is 10.5 Å². The molecule has 0 saturated carbocycles. The van der Waals surface area contributed by atoms with Crippen molar-refractivity contribution in [2.75, 3.05) is 19.8 Å². The molecule has 97 heavy (non-hydrogen) atoms. The van der Waals surface area contributed by atoms with Gasteiger partial charge in [-0.15, -0.1) is 56.9 Å². The molecule has 0 aliphatic heterocycles. The molecule has 0 fully saturated rings. The number of carbonyl (C=O) groups is 4. The van der Waals surface area contributed by atoms with Gasteiger partial charge in [-0.2, -0.15) is 10.5 Å². The van der Waals surface area contributed by atoms with Gasteiger partial charge >= 0.3 is 23.9 Å². The van der Waals surface area contributed by atoms with Crippen LogP contribution in [-0.2, 0) is 58.5 Å². The van der Waals surface area contributed by atoms with E-state index < -0.39 is 73.4 Å². The molecular weight excluding hydrogens is 1450 g/mol. The highest BCUT2D eigenvalue weighted by atomic mass is 79.9. The number of nitriles is 2. The Balaban J connectivity index is 0.000000182. The first-order valence-electron chi connectivity index (χ1n) is 36.2. The maximum atomic E-state index is 12.6. The number of hydrogen-bond donors (Lipinski definition) is 1. The summed E-state index contributed by atoms with van der Waals surface area (Å²) in [6, 6.07) is 35.0. The van der Waals surface area contributed by atoms with E-state index in [0.717, 1.165) is 92.8 Å². The molecule has 0 aliphatic rings. The lowest BCUT2D eigenvalue weighted by molar-refractivity contribution is -0.154. The fourth-order valence-corrected chi connectivity index (χ4v) is 16.1. The van der Waals surface area contributed by atoms with E-state index in [-0.39, 0.29) is 39.1 Å². The van der Waals surface area contributed by atoms with Gasteiger partial charge in [0, 0.05) is 138 Å². The molecule has 0 bridgehead atoms. The van der Waals surface area contributed by atoms with Gasteiger partial charge in [-0.3, -0.25) is 39.1 Å². The second-order valence-corrected chi connectivity index (χ2v) is 29.3. The third kappa shape index (κ3) is 18.4. The number of carboxylic acid groups (broad SMARTS) is 1. The summed E-state index contributed by atoms with van der Waals surface area (Å²) in [4.78, 5) is 67.8. The van der Waals surface area contributed by atoms with Crippen molar-refractivity contribution in [1.82, 2.24) is 19.9 Å². The van der Waals surface area contributed by atoms with Crippen LogP contribution in [0.3, 0.4) is 0 Å². The molecule has 8 aromatic heterocycles. The molecule has 500 valence electrons. The lowest BCUT2D eigenvalue weighted by atomic mass is 9.88. The maximum Gasteiger partial charge on any atom is 0.311 e. The summed E-state index contributed by atoms with van der Waals surface area (Å²) in [5, 5.41) is 36.1. The zero-order chi connectivity index (χ0) is 80.4. The van der Waals surface area contributed by atoms with Crippen molar-refractivity contribution in [3.63, 3.8) is 0 Å². The van der Waals surface area contributed by atoms with Crippen molar-refractivity contribution in [3.8, 4) is 34.4 Å². The second kappa shape index (κ2) is 33.5. The van der Waals surface area contributed by atoms with Gasteiger partial charge in [0.1, 0.15) is 0 Å². The largest absolute Gasteiger partial charge is 0.481 e. The Morgan fingerprint density at radius 2 is 0.876 bits per heavy atom. The van der Waals surface area contributed by atoms with E-state index in [1.165, 1.54) is 76.7 Å². The number of hydrogen-bond acceptors (Lipinski definition) is 17. The molecule has 21 heteroatoms. The zero-order valence-corrected chi connectivity index (χ0v) is 60.8. The standard InChI is InChI=1S/C25H22N2O2S.C23H18N2O2S.C14H16BrNO2S.C8H5BrClNS.C6H12O2/c1-4-29-24(28)25(2,3)12-17-11-21-22(14-27-15-23(21)30-17)20-10-9-16(13-26)18-7-5-6-8-19(18)20;1-23(2,22(26)27)10-15-9-19-20(12-25-13-21(19)28-15)18-8-7-14(11-24)16-5-3-4-6-17(16)18;1-4-18-13(17)14(2,3)6-9-5-10-11(15)7-16-8-12(10)19-9;9-7-3-11-4-8-6(7)1-5(2-10)12-8;1-4-8-6(7)5(2)3/h5-11,14-15H,4,12H2,1-3H3;3-9,12-13H,10H2,1-2H3,(H,26,27);5,7-8H,4,6H2,1-3H3;1,3-4H,2H2;5H,4H2,1-3H3/i2D3;1D3;2D3;;2D3. The summed E-state index contributed by atoms with van der Waals surface area (Å²) in [6.45, 7) is 1.12. The molecule has 4 atom stereocenters. The monoisotopic (exact) mass is 1530 g/mol. The van der Waals surface area contributed by atoms with Gasteiger partial charge in [0.05, 0.1) is 89.9 Å². The first-order valence-corrected chi connectivity index (χ1v) is 35.5. The van der Waals surface area contributed by atoms with Crippen LogP contribution in [0.25, 0.3) is 84.1 Å². The van der Waals surface area contributed by atoms with Crippen LogP contribution in [0, 0.1) is 44.8 Å². The van der Waals surface area contributed by atoms with Gasteiger partial charge in [-0.1, -0.05) is 74.4 Å². The third-order valence-corrected chi connectivity index (χ3v) is 20.8. The second-order valence-electron chi connectivity index (χ2n) is 22.6. The number of nitrogens with zero attached hydrogens (tertiary/aromatic N) is 6. The Hall–Kier alpha value is -8.05. The van der Waals surface area contributed by atoms with Crippen molar-refractivity contribution in [2.45, 2.75) is 101 Å². The first kappa shape index (κ1) is 59.0. The fourth-order valence-electron chi connectivity index (χ4n) is 10.1. The van der Waals surface area contributed by atoms with Crippen LogP contribution in [0.1, 0.15) is 123 Å². The Morgan fingerprint density at radius 1 is 0.515 bits per heavy atom. The molecule has 4 unspecified atom stereocenters. The molecule has 0 spiro atoms. The summed E-state index contributed by atoms with van der Waals surface area (Å²) < 4.78 is 111. The minimum absolute atomic E-state index is 0.0369. The van der Waals surface area contributed by atoms with Crippen LogP contribution in [0.2, 0.25) is 0 Å². The molecule has 1 N–H and O–H groups in total. The number of carbonyl (C=O) groups excluding carboxylic acids is 3. The fraction of sp³-hybridized carbons (Fsp3) is 0.289. The van der Waals surface area contributed by atoms with Crippen molar-refractivity contribution in [3.05, 3.63) is 186 Å². The Labute approximate surface area is 619 Å². The van der Waals surface area contributed by atoms with E-state index in [4.69, 9.17) is 37.5 Å². The molecular formula is C76H73Br2ClN6O8S4. The topological polar surface area (TPSA) is 215 Å². The molecule has 4 aromatic carbocycles. The van der Waals surface area contributed by atoms with Crippen LogP contribution in [-0.4, -0.2) is 68.7 Å². The minimum atomic E-state index is -2.64. The Bertz CT molecular complexity index is 5430. The molecule has 14 nitrogen and oxygen atoms in total. The summed E-state index contributed by atoms with van der Waals surface area (Å²) in [5.74, 6) is -3.87. The minimum Gasteiger partial charge on any atom is -0.481 e. The number of aliphatic carboxylic acids is 1. The summed E-state index contributed by atoms with van der Waals surface area (Å²) in [5.41, 5.74) is -0.326. The smallest absolute Gasteiger partial charge is 0.311 e. The van der Waals surface area contributed by atoms with E-state index in [0.29, 0.717) is 21.9 Å². The van der Waals surface area contributed by atoms with Crippen LogP contribution in [0.5, 0.6) is 0 Å². The first-order chi connectivity index (χ1) is 51.2. The average molecular weight is 1530 g/mol. The maximum absolute atomic E-state index is 12.6. The molecule has 12 rings (SSSR count). The SMILES string of the molecule is ClCc1cc2c(Br)cncc2s1.[2H]C([2H])([2H])C(C)(Cc1cc2c(-c3ccc(C#N)c4ccccc34)cncc2s1)C(=O)O.[2H]C([2H])([2H])C(C)(Cc1cc2c(-c3ccc(C#N)c4ccccc34)cncc2s1)C(=O)OCC.[2H]C([2H])([2H])C(C)(Cc1cc2c(Br)cncc2s1)C(=O)OCC.[2H]C([2H])([2H])C(C)C(=O)OCC. The van der Waals surface area contributed by atoms with E-state index in [1.807, 2.05) is 85.1 Å². The number of rotatable bonds is 16. The number of ether oxygens (including phenoxy) is 3. The van der Waals surface area contributed by atoms with Gasteiger partial charge in [-0.25, -0.2) is 0 Å². The highest BCUT2D eigenvalue weighted by Gasteiger charge is 2.32. The number of carboxylic acids is 1. The number of aromatic nitrogens is 4. The van der Waals surface area contributed by atoms with Crippen LogP contribution >= 0.6 is 88.8 Å². The van der Waals surface area contributed by atoms with E-state index in [2.05, 4.69) is 74.7 Å². The van der Waals surface area contributed by atoms with Crippen molar-refractivity contribution in [2.24, 2.45) is 22.2 Å². The quantitative estimate of drug-likeness (QED) is 0.0541. The number of benzene rings is 4. The third-order valence-electron chi connectivity index (χ3n) is 14.8. The number of thiophene rings is 4. The van der Waals surface area contributed by atoms with Gasteiger partial charge in [0.15, 0.2) is 0 Å². The summed E-state index contributed by atoms with van der Waals surface area (Å²) >= 11 is 18.5. The number of pyridine rings is 4. The molecule has 0 saturated heterocycles. The molecule has 12 aromatic rings. The van der Waals surface area contributed by atoms with Gasteiger partial charge in [-0.05, 0) is 172 Å². The van der Waals surface area contributed by atoms with E-state index in [1.54, 1.807) is 87.6 Å². The lowest BCUT2D eigenvalue weighted by Crippen LogP contribution is -2.28. The normalized spacial score (nSPS) is 15.5. The van der Waals surface area contributed by atoms with Gasteiger partial charge < -0.3 is 19.3 Å². The summed E-state index contributed by atoms with van der Waals surface area (Å²) in [6.07, 6.45) is 14.1.